The molecule has 2 aliphatic heterocycles. The fourth-order valence-electron chi connectivity index (χ4n) is 1.16. The van der Waals surface area contributed by atoms with Crippen molar-refractivity contribution in [2.45, 2.75) is 6.92 Å². The third-order valence-electron chi connectivity index (χ3n) is 1.68. The van der Waals surface area contributed by atoms with Gasteiger partial charge in [-0.3, -0.25) is 4.79 Å². The number of carbonyl (C=O) groups is 1. The van der Waals surface area contributed by atoms with Crippen LogP contribution in [-0.2, 0) is 4.79 Å². The number of hydrogen-bond acceptors (Lipinski definition) is 4. The first kappa shape index (κ1) is 7.61. The smallest absolute Gasteiger partial charge is 0.172 e. The molecule has 0 aromatic rings. The molecule has 0 unspecified atom stereocenters. The van der Waals surface area contributed by atoms with Crippen LogP contribution in [0.2, 0.25) is 0 Å². The van der Waals surface area contributed by atoms with Crippen molar-refractivity contribution in [3.63, 3.8) is 0 Å². The Balaban J connectivity index is 2.25. The summed E-state index contributed by atoms with van der Waals surface area (Å²) in [6, 6.07) is 0. The normalized spacial score (nSPS) is 21.1. The summed E-state index contributed by atoms with van der Waals surface area (Å²) in [5, 5.41) is 0.970. The summed E-state index contributed by atoms with van der Waals surface area (Å²) < 4.78 is 0. The second kappa shape index (κ2) is 2.79. The first-order valence-corrected chi connectivity index (χ1v) is 4.46. The number of nitrogens with zero attached hydrogens (tertiary/aromatic N) is 2. The van der Waals surface area contributed by atoms with Gasteiger partial charge >= 0.3 is 0 Å². The molecule has 0 N–H and O–H groups in total. The molecule has 2 aliphatic rings. The number of amidine groups is 1. The van der Waals surface area contributed by atoms with Gasteiger partial charge in [0.15, 0.2) is 5.17 Å². The highest BCUT2D eigenvalue weighted by Gasteiger charge is 2.21. The molecule has 3 nitrogen and oxygen atoms in total. The first-order valence-electron chi connectivity index (χ1n) is 3.64. The molecule has 0 atom stereocenters. The molecule has 2 rings (SSSR count). The highest BCUT2D eigenvalue weighted by molar-refractivity contribution is 8.17. The minimum atomic E-state index is 0.659. The predicted octanol–water partition coefficient (Wildman–Crippen LogP) is 1.35. The largest absolute Gasteiger partial charge is 0.322 e. The van der Waals surface area contributed by atoms with Gasteiger partial charge in [0, 0.05) is 22.9 Å². The Morgan fingerprint density at radius 3 is 3.33 bits per heavy atom. The molecule has 0 bridgehead atoms. The molecule has 0 saturated carbocycles. The van der Waals surface area contributed by atoms with E-state index in [0.717, 1.165) is 17.0 Å². The molecule has 62 valence electrons. The summed E-state index contributed by atoms with van der Waals surface area (Å²) >= 11 is 1.64. The molecule has 0 aliphatic carbocycles. The van der Waals surface area contributed by atoms with E-state index in [-0.39, 0.29) is 0 Å². The molecule has 0 spiro atoms. The number of allylic oxidation sites excluding steroid dienone is 1. The lowest BCUT2D eigenvalue weighted by atomic mass is 10.3. The van der Waals surface area contributed by atoms with Gasteiger partial charge in [-0.25, -0.2) is 4.99 Å². The second-order valence-corrected chi connectivity index (χ2v) is 3.92. The topological polar surface area (TPSA) is 32.7 Å². The average Bonchev–Trinajstić information content (AvgIpc) is 2.43. The number of carbonyl (C=O) groups excluding carboxylic acids is 1. The molecule has 0 amide bonds. The maximum atomic E-state index is 10.4. The number of aldehydes is 1. The van der Waals surface area contributed by atoms with Gasteiger partial charge in [-0.1, -0.05) is 11.8 Å². The van der Waals surface area contributed by atoms with E-state index in [4.69, 9.17) is 0 Å². The molecule has 12 heavy (non-hydrogen) atoms. The van der Waals surface area contributed by atoms with Crippen LogP contribution < -0.4 is 0 Å². The van der Waals surface area contributed by atoms with Crippen LogP contribution in [0.1, 0.15) is 6.92 Å². The molecule has 0 aromatic heterocycles. The van der Waals surface area contributed by atoms with E-state index >= 15 is 0 Å². The van der Waals surface area contributed by atoms with Crippen LogP contribution >= 0.6 is 11.8 Å². The molecule has 2 heterocycles. The van der Waals surface area contributed by atoms with E-state index in [1.807, 2.05) is 18.0 Å². The van der Waals surface area contributed by atoms with Crippen LogP contribution in [-0.4, -0.2) is 22.9 Å². The summed E-state index contributed by atoms with van der Waals surface area (Å²) in [6.07, 6.45) is 4.50. The fourth-order valence-corrected chi connectivity index (χ4v) is 1.97. The van der Waals surface area contributed by atoms with Gasteiger partial charge < -0.3 is 4.90 Å². The number of aliphatic imine (C=N–C) groups is 1. The van der Waals surface area contributed by atoms with E-state index < -0.39 is 0 Å². The summed E-state index contributed by atoms with van der Waals surface area (Å²) in [6.45, 7) is 2.69. The van der Waals surface area contributed by atoms with Gasteiger partial charge in [0.05, 0.1) is 6.54 Å². The summed E-state index contributed by atoms with van der Waals surface area (Å²) in [4.78, 5) is 17.8. The summed E-state index contributed by atoms with van der Waals surface area (Å²) in [7, 11) is 0. The van der Waals surface area contributed by atoms with Crippen LogP contribution in [0.3, 0.4) is 0 Å². The quantitative estimate of drug-likeness (QED) is 0.571. The molecular formula is C8H8N2OS. The van der Waals surface area contributed by atoms with Gasteiger partial charge in [-0.15, -0.1) is 0 Å². The lowest BCUT2D eigenvalue weighted by Crippen LogP contribution is -2.25. The van der Waals surface area contributed by atoms with Gasteiger partial charge in [0.25, 0.3) is 0 Å². The van der Waals surface area contributed by atoms with Gasteiger partial charge in [-0.2, -0.15) is 0 Å². The van der Waals surface area contributed by atoms with Crippen molar-refractivity contribution in [2.24, 2.45) is 4.99 Å². The van der Waals surface area contributed by atoms with Crippen molar-refractivity contribution in [1.82, 2.24) is 4.90 Å². The third-order valence-corrected chi connectivity index (χ3v) is 2.63. The number of rotatable bonds is 1. The van der Waals surface area contributed by atoms with Crippen molar-refractivity contribution >= 4 is 23.2 Å². The standard InChI is InChI=1S/C8H8N2OS/c1-6-3-10-4-7(5-11)2-9-8(10)12-6/h2-3,5H,4H2,1H3. The van der Waals surface area contributed by atoms with Crippen molar-refractivity contribution in [1.29, 1.82) is 0 Å². The molecule has 0 fully saturated rings. The van der Waals surface area contributed by atoms with Gasteiger partial charge in [0.1, 0.15) is 6.29 Å². The molecule has 4 heteroatoms. The van der Waals surface area contributed by atoms with E-state index in [2.05, 4.69) is 4.99 Å². The summed E-state index contributed by atoms with van der Waals surface area (Å²) in [5.41, 5.74) is 0.727. The predicted molar refractivity (Wildman–Crippen MR) is 49.6 cm³/mol. The van der Waals surface area contributed by atoms with Crippen LogP contribution in [0.4, 0.5) is 0 Å². The van der Waals surface area contributed by atoms with Crippen molar-refractivity contribution in [3.05, 3.63) is 22.9 Å². The van der Waals surface area contributed by atoms with E-state index in [9.17, 15) is 4.79 Å². The molecular weight excluding hydrogens is 172 g/mol. The Hall–Kier alpha value is -1.03. The molecule has 0 radical (unpaired) electrons. The highest BCUT2D eigenvalue weighted by Crippen LogP contribution is 2.29. The average molecular weight is 180 g/mol. The van der Waals surface area contributed by atoms with Crippen LogP contribution in [0, 0.1) is 0 Å². The Labute approximate surface area is 74.8 Å². The van der Waals surface area contributed by atoms with Crippen molar-refractivity contribution in [3.8, 4) is 0 Å². The Bertz CT molecular complexity index is 317. The number of fused-ring (bicyclic) bond motifs is 1. The zero-order valence-corrected chi connectivity index (χ0v) is 7.47. The van der Waals surface area contributed by atoms with E-state index in [0.29, 0.717) is 6.54 Å². The number of thioether (sulfide) groups is 1. The molecule has 0 saturated heterocycles. The van der Waals surface area contributed by atoms with Crippen LogP contribution in [0.15, 0.2) is 27.9 Å². The minimum Gasteiger partial charge on any atom is -0.322 e. The maximum absolute atomic E-state index is 10.4. The van der Waals surface area contributed by atoms with E-state index in [1.165, 1.54) is 4.91 Å². The zero-order valence-electron chi connectivity index (χ0n) is 6.65. The third kappa shape index (κ3) is 1.18. The lowest BCUT2D eigenvalue weighted by Gasteiger charge is -2.18. The van der Waals surface area contributed by atoms with Gasteiger partial charge in [-0.05, 0) is 6.92 Å². The van der Waals surface area contributed by atoms with E-state index in [1.54, 1.807) is 18.0 Å². The van der Waals surface area contributed by atoms with Gasteiger partial charge in [0.2, 0.25) is 0 Å². The highest BCUT2D eigenvalue weighted by atomic mass is 32.2. The summed E-state index contributed by atoms with van der Waals surface area (Å²) in [5.74, 6) is 0. The lowest BCUT2D eigenvalue weighted by molar-refractivity contribution is -0.105. The second-order valence-electron chi connectivity index (χ2n) is 2.70. The molecule has 0 aromatic carbocycles. The van der Waals surface area contributed by atoms with Crippen LogP contribution in [0.5, 0.6) is 0 Å². The fraction of sp³-hybridized carbons (Fsp3) is 0.250. The monoisotopic (exact) mass is 180 g/mol. The number of hydrogen-bond donors (Lipinski definition) is 0. The van der Waals surface area contributed by atoms with Crippen molar-refractivity contribution < 1.29 is 4.79 Å². The van der Waals surface area contributed by atoms with Crippen LogP contribution in [0.25, 0.3) is 0 Å². The zero-order chi connectivity index (χ0) is 8.55. The SMILES string of the molecule is CC1=CN2CC(C=O)=CN=C2S1. The minimum absolute atomic E-state index is 0.659. The van der Waals surface area contributed by atoms with Crippen molar-refractivity contribution in [2.75, 3.05) is 6.54 Å². The Morgan fingerprint density at radius 1 is 1.75 bits per heavy atom. The Morgan fingerprint density at radius 2 is 2.58 bits per heavy atom. The first-order chi connectivity index (χ1) is 5.79. The maximum Gasteiger partial charge on any atom is 0.172 e. The Kier molecular flexibility index (Phi) is 1.77.